The highest BCUT2D eigenvalue weighted by Gasteiger charge is 2.23. The van der Waals surface area contributed by atoms with Gasteiger partial charge in [0.25, 0.3) is 0 Å². The van der Waals surface area contributed by atoms with Crippen molar-refractivity contribution >= 4 is 21.3 Å². The molecule has 112 valence electrons. The van der Waals surface area contributed by atoms with Crippen LogP contribution < -0.4 is 10.2 Å². The average Bonchev–Trinajstić information content (AvgIpc) is 2.44. The zero-order valence-electron chi connectivity index (χ0n) is 12.2. The molecule has 0 amide bonds. The highest BCUT2D eigenvalue weighted by molar-refractivity contribution is 7.91. The molecule has 1 aliphatic rings. The fourth-order valence-corrected chi connectivity index (χ4v) is 3.97. The van der Waals surface area contributed by atoms with Crippen LogP contribution in [0.5, 0.6) is 0 Å². The van der Waals surface area contributed by atoms with Crippen molar-refractivity contribution in [2.75, 3.05) is 34.8 Å². The Kier molecular flexibility index (Phi) is 4.86. The van der Waals surface area contributed by atoms with E-state index in [9.17, 15) is 8.42 Å². The molecule has 0 unspecified atom stereocenters. The third kappa shape index (κ3) is 3.85. The van der Waals surface area contributed by atoms with Gasteiger partial charge in [0, 0.05) is 19.1 Å². The molecular formula is C14H23N3O2S. The first-order valence-electron chi connectivity index (χ1n) is 7.22. The maximum absolute atomic E-state index is 11.4. The van der Waals surface area contributed by atoms with Crippen molar-refractivity contribution in [2.45, 2.75) is 32.7 Å². The summed E-state index contributed by atoms with van der Waals surface area (Å²) >= 11 is 0. The molecule has 0 radical (unpaired) electrons. The Morgan fingerprint density at radius 1 is 1.25 bits per heavy atom. The quantitative estimate of drug-likeness (QED) is 0.899. The van der Waals surface area contributed by atoms with Gasteiger partial charge in [-0.15, -0.1) is 0 Å². The Hall–Kier alpha value is -1.30. The summed E-state index contributed by atoms with van der Waals surface area (Å²) in [5.41, 5.74) is 0.963. The Bertz CT molecular complexity index is 510. The highest BCUT2D eigenvalue weighted by Crippen LogP contribution is 2.19. The number of aromatic nitrogens is 1. The molecular weight excluding hydrogens is 274 g/mol. The van der Waals surface area contributed by atoms with Crippen LogP contribution in [0.15, 0.2) is 18.3 Å². The minimum atomic E-state index is -2.79. The van der Waals surface area contributed by atoms with E-state index >= 15 is 0 Å². The van der Waals surface area contributed by atoms with Crippen LogP contribution in [0.3, 0.4) is 0 Å². The Morgan fingerprint density at radius 3 is 2.40 bits per heavy atom. The minimum Gasteiger partial charge on any atom is -0.381 e. The molecule has 1 aromatic rings. The topological polar surface area (TPSA) is 62.3 Å². The lowest BCUT2D eigenvalue weighted by molar-refractivity contribution is 0.559. The summed E-state index contributed by atoms with van der Waals surface area (Å²) in [6.45, 7) is 6.10. The summed E-state index contributed by atoms with van der Waals surface area (Å²) in [7, 11) is -2.79. The first-order chi connectivity index (χ1) is 9.54. The summed E-state index contributed by atoms with van der Waals surface area (Å²) in [6, 6.07) is 4.26. The van der Waals surface area contributed by atoms with E-state index in [0.29, 0.717) is 12.8 Å². The molecule has 0 spiro atoms. The van der Waals surface area contributed by atoms with Crippen molar-refractivity contribution in [2.24, 2.45) is 0 Å². The number of anilines is 2. The fraction of sp³-hybridized carbons (Fsp3) is 0.643. The van der Waals surface area contributed by atoms with Gasteiger partial charge < -0.3 is 10.2 Å². The van der Waals surface area contributed by atoms with Gasteiger partial charge in [0.1, 0.15) is 15.7 Å². The number of hydrogen-bond acceptors (Lipinski definition) is 5. The van der Waals surface area contributed by atoms with E-state index in [-0.39, 0.29) is 17.5 Å². The summed E-state index contributed by atoms with van der Waals surface area (Å²) < 4.78 is 22.8. The molecule has 2 heterocycles. The van der Waals surface area contributed by atoms with E-state index in [0.717, 1.165) is 24.6 Å². The first kappa shape index (κ1) is 15.1. The summed E-state index contributed by atoms with van der Waals surface area (Å²) in [6.07, 6.45) is 3.19. The van der Waals surface area contributed by atoms with Gasteiger partial charge in [0.2, 0.25) is 0 Å². The summed E-state index contributed by atoms with van der Waals surface area (Å²) in [5.74, 6) is 1.55. The monoisotopic (exact) mass is 297 g/mol. The molecule has 1 aromatic heterocycles. The SMILES string of the molecule is CCN(CC)c1ccc(NC2CCS(=O)(=O)CC2)cn1. The number of nitrogens with zero attached hydrogens (tertiary/aromatic N) is 2. The molecule has 0 bridgehead atoms. The van der Waals surface area contributed by atoms with Crippen LogP contribution in [0.2, 0.25) is 0 Å². The van der Waals surface area contributed by atoms with Gasteiger partial charge in [-0.3, -0.25) is 0 Å². The molecule has 1 saturated heterocycles. The third-order valence-electron chi connectivity index (χ3n) is 3.76. The van der Waals surface area contributed by atoms with Gasteiger partial charge >= 0.3 is 0 Å². The predicted octanol–water partition coefficient (Wildman–Crippen LogP) is 1.92. The van der Waals surface area contributed by atoms with E-state index in [2.05, 4.69) is 29.0 Å². The second-order valence-corrected chi connectivity index (χ2v) is 7.45. The van der Waals surface area contributed by atoms with Crippen LogP contribution in [0.25, 0.3) is 0 Å². The van der Waals surface area contributed by atoms with E-state index < -0.39 is 9.84 Å². The van der Waals surface area contributed by atoms with Crippen molar-refractivity contribution in [1.82, 2.24) is 4.98 Å². The third-order valence-corrected chi connectivity index (χ3v) is 5.48. The molecule has 2 rings (SSSR count). The normalized spacial score (nSPS) is 18.7. The smallest absolute Gasteiger partial charge is 0.150 e. The van der Waals surface area contributed by atoms with E-state index in [4.69, 9.17) is 0 Å². The Morgan fingerprint density at radius 2 is 1.90 bits per heavy atom. The van der Waals surface area contributed by atoms with Gasteiger partial charge in [0.05, 0.1) is 23.4 Å². The molecule has 1 fully saturated rings. The maximum Gasteiger partial charge on any atom is 0.150 e. The maximum atomic E-state index is 11.4. The summed E-state index contributed by atoms with van der Waals surface area (Å²) in [5, 5.41) is 3.38. The summed E-state index contributed by atoms with van der Waals surface area (Å²) in [4.78, 5) is 6.65. The lowest BCUT2D eigenvalue weighted by Gasteiger charge is -2.24. The number of rotatable bonds is 5. The van der Waals surface area contributed by atoms with E-state index in [1.54, 1.807) is 0 Å². The van der Waals surface area contributed by atoms with Crippen molar-refractivity contribution in [1.29, 1.82) is 0 Å². The van der Waals surface area contributed by atoms with E-state index in [1.165, 1.54) is 0 Å². The predicted molar refractivity (Wildman–Crippen MR) is 83.1 cm³/mol. The minimum absolute atomic E-state index is 0.236. The number of sulfone groups is 1. The van der Waals surface area contributed by atoms with Gasteiger partial charge in [-0.05, 0) is 38.8 Å². The largest absolute Gasteiger partial charge is 0.381 e. The second-order valence-electron chi connectivity index (χ2n) is 5.15. The fourth-order valence-electron chi connectivity index (χ4n) is 2.48. The first-order valence-corrected chi connectivity index (χ1v) is 9.04. The Labute approximate surface area is 121 Å². The number of hydrogen-bond donors (Lipinski definition) is 1. The van der Waals surface area contributed by atoms with Crippen molar-refractivity contribution in [3.8, 4) is 0 Å². The van der Waals surface area contributed by atoms with E-state index in [1.807, 2.05) is 18.3 Å². The standard InChI is InChI=1S/C14H23N3O2S/c1-3-17(4-2)14-6-5-13(11-15-14)16-12-7-9-20(18,19)10-8-12/h5-6,11-12,16H,3-4,7-10H2,1-2H3. The molecule has 0 aromatic carbocycles. The van der Waals surface area contributed by atoms with Crippen LogP contribution >= 0.6 is 0 Å². The molecule has 5 nitrogen and oxygen atoms in total. The highest BCUT2D eigenvalue weighted by atomic mass is 32.2. The second kappa shape index (κ2) is 6.43. The number of nitrogens with one attached hydrogen (secondary N) is 1. The van der Waals surface area contributed by atoms with Crippen LogP contribution in [-0.4, -0.2) is 44.0 Å². The van der Waals surface area contributed by atoms with Gasteiger partial charge in [-0.25, -0.2) is 13.4 Å². The zero-order chi connectivity index (χ0) is 14.6. The molecule has 1 aliphatic heterocycles. The number of pyridine rings is 1. The lowest BCUT2D eigenvalue weighted by atomic mass is 10.1. The van der Waals surface area contributed by atoms with Crippen LogP contribution in [0.4, 0.5) is 11.5 Å². The van der Waals surface area contributed by atoms with Crippen molar-refractivity contribution < 1.29 is 8.42 Å². The lowest BCUT2D eigenvalue weighted by Crippen LogP contribution is -2.32. The van der Waals surface area contributed by atoms with Gasteiger partial charge in [-0.2, -0.15) is 0 Å². The van der Waals surface area contributed by atoms with Crippen LogP contribution in [-0.2, 0) is 9.84 Å². The molecule has 0 atom stereocenters. The average molecular weight is 297 g/mol. The Balaban J connectivity index is 1.94. The molecule has 1 N–H and O–H groups in total. The molecule has 20 heavy (non-hydrogen) atoms. The van der Waals surface area contributed by atoms with Crippen molar-refractivity contribution in [3.05, 3.63) is 18.3 Å². The molecule has 0 aliphatic carbocycles. The molecule has 0 saturated carbocycles. The van der Waals surface area contributed by atoms with Crippen LogP contribution in [0, 0.1) is 0 Å². The van der Waals surface area contributed by atoms with Crippen molar-refractivity contribution in [3.63, 3.8) is 0 Å². The zero-order valence-corrected chi connectivity index (χ0v) is 13.0. The van der Waals surface area contributed by atoms with Crippen LogP contribution in [0.1, 0.15) is 26.7 Å². The van der Waals surface area contributed by atoms with Gasteiger partial charge in [-0.1, -0.05) is 0 Å². The van der Waals surface area contributed by atoms with Gasteiger partial charge in [0.15, 0.2) is 0 Å². The molecule has 6 heteroatoms.